The number of nitrogens with one attached hydrogen (secondary N) is 1. The van der Waals surface area contributed by atoms with E-state index in [0.29, 0.717) is 20.5 Å². The predicted molar refractivity (Wildman–Crippen MR) is 106 cm³/mol. The van der Waals surface area contributed by atoms with Crippen LogP contribution >= 0.6 is 23.2 Å². The molecule has 1 N–H and O–H groups in total. The Balaban J connectivity index is 1.89. The van der Waals surface area contributed by atoms with Crippen LogP contribution in [-0.2, 0) is 22.4 Å². The zero-order valence-electron chi connectivity index (χ0n) is 15.3. The van der Waals surface area contributed by atoms with Gasteiger partial charge in [0.25, 0.3) is 0 Å². The molecule has 29 heavy (non-hydrogen) atoms. The lowest BCUT2D eigenvalue weighted by Gasteiger charge is -2.24. The number of benzene rings is 2. The highest BCUT2D eigenvalue weighted by molar-refractivity contribution is 6.30. The van der Waals surface area contributed by atoms with Crippen molar-refractivity contribution in [3.8, 4) is 0 Å². The predicted octanol–water partition coefficient (Wildman–Crippen LogP) is 4.29. The maximum Gasteiger partial charge on any atom is 0.406 e. The Morgan fingerprint density at radius 2 is 1.34 bits per heavy atom. The van der Waals surface area contributed by atoms with E-state index in [1.165, 1.54) is 0 Å². The summed E-state index contributed by atoms with van der Waals surface area (Å²) in [5, 5.41) is 3.54. The van der Waals surface area contributed by atoms with E-state index in [1.54, 1.807) is 48.5 Å². The molecule has 2 amide bonds. The Hall–Kier alpha value is -2.25. The van der Waals surface area contributed by atoms with E-state index in [-0.39, 0.29) is 31.8 Å². The van der Waals surface area contributed by atoms with Crippen molar-refractivity contribution in [2.75, 3.05) is 19.6 Å². The van der Waals surface area contributed by atoms with Gasteiger partial charge in [-0.1, -0.05) is 47.5 Å². The fraction of sp³-hybridized carbons (Fsp3) is 0.300. The molecule has 2 aromatic rings. The monoisotopic (exact) mass is 446 g/mol. The molecule has 0 atom stereocenters. The van der Waals surface area contributed by atoms with E-state index in [4.69, 9.17) is 23.2 Å². The number of alkyl halides is 3. The van der Waals surface area contributed by atoms with Gasteiger partial charge in [0.2, 0.25) is 11.8 Å². The molecule has 0 aliphatic heterocycles. The lowest BCUT2D eigenvalue weighted by atomic mass is 10.1. The zero-order chi connectivity index (χ0) is 21.4. The van der Waals surface area contributed by atoms with Gasteiger partial charge in [-0.05, 0) is 35.4 Å². The van der Waals surface area contributed by atoms with E-state index in [0.717, 1.165) is 5.56 Å². The van der Waals surface area contributed by atoms with Crippen molar-refractivity contribution in [1.82, 2.24) is 10.2 Å². The molecule has 2 rings (SSSR count). The molecule has 0 spiro atoms. The van der Waals surface area contributed by atoms with Crippen LogP contribution in [0.25, 0.3) is 0 Å². The summed E-state index contributed by atoms with van der Waals surface area (Å²) in [6, 6.07) is 13.0. The number of carbonyl (C=O) groups is 2. The standard InChI is InChI=1S/C20H19Cl2F3N2O2/c21-16-5-1-14(2-6-16)11-18(28)26-9-10-27(13-20(23,24)25)19(29)12-15-3-7-17(22)8-4-15/h1-8H,9-13H2,(H,26,28). The van der Waals surface area contributed by atoms with E-state index in [1.807, 2.05) is 0 Å². The minimum absolute atomic E-state index is 0.0646. The van der Waals surface area contributed by atoms with Crippen LogP contribution in [-0.4, -0.2) is 42.5 Å². The van der Waals surface area contributed by atoms with Crippen molar-refractivity contribution in [3.05, 3.63) is 69.7 Å². The number of carbonyl (C=O) groups excluding carboxylic acids is 2. The molecule has 0 radical (unpaired) electrons. The van der Waals surface area contributed by atoms with Gasteiger partial charge < -0.3 is 10.2 Å². The molecular formula is C20H19Cl2F3N2O2. The number of hydrogen-bond acceptors (Lipinski definition) is 2. The van der Waals surface area contributed by atoms with E-state index < -0.39 is 18.6 Å². The highest BCUT2D eigenvalue weighted by Gasteiger charge is 2.32. The summed E-state index contributed by atoms with van der Waals surface area (Å²) < 4.78 is 38.6. The first-order valence-electron chi connectivity index (χ1n) is 8.72. The largest absolute Gasteiger partial charge is 0.406 e. The normalized spacial score (nSPS) is 11.2. The van der Waals surface area contributed by atoms with Gasteiger partial charge >= 0.3 is 6.18 Å². The number of amides is 2. The molecule has 9 heteroatoms. The second-order valence-electron chi connectivity index (χ2n) is 6.39. The second kappa shape index (κ2) is 10.5. The van der Waals surface area contributed by atoms with Crippen molar-refractivity contribution in [2.24, 2.45) is 0 Å². The third kappa shape index (κ3) is 8.75. The number of hydrogen-bond donors (Lipinski definition) is 1. The molecule has 0 bridgehead atoms. The van der Waals surface area contributed by atoms with Crippen LogP contribution in [0.4, 0.5) is 13.2 Å². The summed E-state index contributed by atoms with van der Waals surface area (Å²) in [5.74, 6) is -1.04. The first kappa shape index (κ1) is 23.0. The van der Waals surface area contributed by atoms with Crippen molar-refractivity contribution >= 4 is 35.0 Å². The Kier molecular flexibility index (Phi) is 8.34. The summed E-state index contributed by atoms with van der Waals surface area (Å²) in [5.41, 5.74) is 1.27. The van der Waals surface area contributed by atoms with Gasteiger partial charge in [-0.15, -0.1) is 0 Å². The third-order valence-corrected chi connectivity index (χ3v) is 4.48. The summed E-state index contributed by atoms with van der Waals surface area (Å²) >= 11 is 11.5. The van der Waals surface area contributed by atoms with Crippen LogP contribution in [0.5, 0.6) is 0 Å². The van der Waals surface area contributed by atoms with Gasteiger partial charge in [0.1, 0.15) is 6.54 Å². The van der Waals surface area contributed by atoms with Gasteiger partial charge in [0.05, 0.1) is 12.8 Å². The molecule has 0 aliphatic carbocycles. The van der Waals surface area contributed by atoms with Crippen LogP contribution in [0.3, 0.4) is 0 Å². The van der Waals surface area contributed by atoms with Gasteiger partial charge in [-0.3, -0.25) is 9.59 Å². The van der Waals surface area contributed by atoms with Crippen molar-refractivity contribution in [3.63, 3.8) is 0 Å². The molecule has 0 heterocycles. The number of nitrogens with zero attached hydrogens (tertiary/aromatic N) is 1. The Morgan fingerprint density at radius 1 is 0.862 bits per heavy atom. The zero-order valence-corrected chi connectivity index (χ0v) is 16.8. The minimum atomic E-state index is -4.54. The third-order valence-electron chi connectivity index (χ3n) is 3.97. The summed E-state index contributed by atoms with van der Waals surface area (Å²) in [6.07, 6.45) is -4.66. The smallest absolute Gasteiger partial charge is 0.354 e. The van der Waals surface area contributed by atoms with E-state index in [9.17, 15) is 22.8 Å². The van der Waals surface area contributed by atoms with Crippen LogP contribution in [0.1, 0.15) is 11.1 Å². The fourth-order valence-corrected chi connectivity index (χ4v) is 2.83. The van der Waals surface area contributed by atoms with Crippen molar-refractivity contribution in [2.45, 2.75) is 19.0 Å². The van der Waals surface area contributed by atoms with Gasteiger partial charge in [0.15, 0.2) is 0 Å². The van der Waals surface area contributed by atoms with Crippen LogP contribution < -0.4 is 5.32 Å². The van der Waals surface area contributed by atoms with E-state index >= 15 is 0 Å². The number of halogens is 5. The average molecular weight is 447 g/mol. The SMILES string of the molecule is O=C(Cc1ccc(Cl)cc1)NCCN(CC(F)(F)F)C(=O)Cc1ccc(Cl)cc1. The van der Waals surface area contributed by atoms with Crippen molar-refractivity contribution in [1.29, 1.82) is 0 Å². The molecule has 4 nitrogen and oxygen atoms in total. The first-order valence-corrected chi connectivity index (χ1v) is 9.48. The summed E-state index contributed by atoms with van der Waals surface area (Å²) in [7, 11) is 0. The second-order valence-corrected chi connectivity index (χ2v) is 7.26. The molecule has 0 unspecified atom stereocenters. The van der Waals surface area contributed by atoms with Gasteiger partial charge in [-0.25, -0.2) is 0 Å². The molecule has 0 saturated carbocycles. The highest BCUT2D eigenvalue weighted by atomic mass is 35.5. The van der Waals surface area contributed by atoms with E-state index in [2.05, 4.69) is 5.32 Å². The molecular weight excluding hydrogens is 428 g/mol. The molecule has 0 fully saturated rings. The Morgan fingerprint density at radius 3 is 1.83 bits per heavy atom. The summed E-state index contributed by atoms with van der Waals surface area (Å²) in [4.78, 5) is 25.0. The van der Waals surface area contributed by atoms with Crippen LogP contribution in [0, 0.1) is 0 Å². The minimum Gasteiger partial charge on any atom is -0.354 e. The Bertz CT molecular complexity index is 825. The Labute approximate surface area is 176 Å². The van der Waals surface area contributed by atoms with Crippen LogP contribution in [0.15, 0.2) is 48.5 Å². The topological polar surface area (TPSA) is 49.4 Å². The maximum atomic E-state index is 12.9. The van der Waals surface area contributed by atoms with Gasteiger partial charge in [0, 0.05) is 23.1 Å². The maximum absolute atomic E-state index is 12.9. The molecule has 156 valence electrons. The lowest BCUT2D eigenvalue weighted by Crippen LogP contribution is -2.44. The fourth-order valence-electron chi connectivity index (χ4n) is 2.58. The highest BCUT2D eigenvalue weighted by Crippen LogP contribution is 2.18. The quantitative estimate of drug-likeness (QED) is 0.657. The molecule has 2 aromatic carbocycles. The lowest BCUT2D eigenvalue weighted by molar-refractivity contribution is -0.160. The van der Waals surface area contributed by atoms with Crippen molar-refractivity contribution < 1.29 is 22.8 Å². The first-order chi connectivity index (χ1) is 13.6. The average Bonchev–Trinajstić information content (AvgIpc) is 2.63. The molecule has 0 aromatic heterocycles. The van der Waals surface area contributed by atoms with Gasteiger partial charge in [-0.2, -0.15) is 13.2 Å². The van der Waals surface area contributed by atoms with Crippen LogP contribution in [0.2, 0.25) is 10.0 Å². The molecule has 0 saturated heterocycles. The summed E-state index contributed by atoms with van der Waals surface area (Å²) in [6.45, 7) is -1.72. The molecule has 0 aliphatic rings. The number of rotatable bonds is 8.